The second-order valence-corrected chi connectivity index (χ2v) is 3.12. The molecule has 1 aromatic carbocycles. The third-order valence-electron chi connectivity index (χ3n) is 1.96. The third kappa shape index (κ3) is 12.4. The smallest absolute Gasteiger partial charge is 0.0313 e. The Morgan fingerprint density at radius 3 is 1.58 bits per heavy atom. The van der Waals surface area contributed by atoms with Crippen molar-refractivity contribution in [2.24, 2.45) is 0 Å². The Morgan fingerprint density at radius 1 is 0.842 bits per heavy atom. The summed E-state index contributed by atoms with van der Waals surface area (Å²) in [7, 11) is 0. The summed E-state index contributed by atoms with van der Waals surface area (Å²) in [6.07, 6.45) is 4.74. The molecule has 0 fully saturated rings. The lowest BCUT2D eigenvalue weighted by molar-refractivity contribution is 1.12. The standard InChI is InChI=1S/C7H9N.C6H7N.2C2H6/c1-2-7-3-5-8-6-4-7;7-6-4-2-1-3-5-6;2*1-2/h3-6H,2H2,1H3;1-5H,7H2;2*1-2H3. The number of rotatable bonds is 1. The molecule has 2 heteroatoms. The van der Waals surface area contributed by atoms with Gasteiger partial charge in [0.05, 0.1) is 0 Å². The topological polar surface area (TPSA) is 38.9 Å². The molecular weight excluding hydrogens is 232 g/mol. The number of aromatic nitrogens is 1. The number of anilines is 1. The lowest BCUT2D eigenvalue weighted by Gasteiger charge is -1.89. The van der Waals surface area contributed by atoms with Gasteiger partial charge >= 0.3 is 0 Å². The molecule has 0 radical (unpaired) electrons. The molecule has 0 amide bonds. The van der Waals surface area contributed by atoms with Crippen molar-refractivity contribution >= 4 is 5.69 Å². The molecule has 0 unspecified atom stereocenters. The van der Waals surface area contributed by atoms with Gasteiger partial charge in [-0.1, -0.05) is 52.8 Å². The van der Waals surface area contributed by atoms with Gasteiger partial charge in [-0.15, -0.1) is 0 Å². The van der Waals surface area contributed by atoms with Crippen LogP contribution >= 0.6 is 0 Å². The van der Waals surface area contributed by atoms with Crippen molar-refractivity contribution in [2.75, 3.05) is 5.73 Å². The quantitative estimate of drug-likeness (QED) is 0.736. The van der Waals surface area contributed by atoms with E-state index in [-0.39, 0.29) is 0 Å². The van der Waals surface area contributed by atoms with Gasteiger partial charge in [-0.3, -0.25) is 4.98 Å². The summed E-state index contributed by atoms with van der Waals surface area (Å²) in [6, 6.07) is 13.5. The maximum absolute atomic E-state index is 5.36. The van der Waals surface area contributed by atoms with Gasteiger partial charge in [0.1, 0.15) is 0 Å². The van der Waals surface area contributed by atoms with Gasteiger partial charge in [0.25, 0.3) is 0 Å². The summed E-state index contributed by atoms with van der Waals surface area (Å²) < 4.78 is 0. The predicted molar refractivity (Wildman–Crippen MR) is 87.2 cm³/mol. The number of hydrogen-bond donors (Lipinski definition) is 1. The van der Waals surface area contributed by atoms with Crippen LogP contribution in [0.1, 0.15) is 40.2 Å². The number of pyridine rings is 1. The molecule has 1 heterocycles. The summed E-state index contributed by atoms with van der Waals surface area (Å²) >= 11 is 0. The average molecular weight is 260 g/mol. The maximum atomic E-state index is 5.36. The van der Waals surface area contributed by atoms with Crippen LogP contribution in [-0.4, -0.2) is 4.98 Å². The molecule has 0 saturated carbocycles. The van der Waals surface area contributed by atoms with Gasteiger partial charge in [-0.05, 0) is 36.2 Å². The minimum Gasteiger partial charge on any atom is -0.399 e. The molecule has 0 aliphatic carbocycles. The third-order valence-corrected chi connectivity index (χ3v) is 1.96. The monoisotopic (exact) mass is 260 g/mol. The van der Waals surface area contributed by atoms with Crippen molar-refractivity contribution in [1.29, 1.82) is 0 Å². The van der Waals surface area contributed by atoms with E-state index >= 15 is 0 Å². The Labute approximate surface area is 118 Å². The van der Waals surface area contributed by atoms with Crippen molar-refractivity contribution < 1.29 is 0 Å². The van der Waals surface area contributed by atoms with Crippen LogP contribution in [0.25, 0.3) is 0 Å². The van der Waals surface area contributed by atoms with Crippen molar-refractivity contribution in [3.05, 3.63) is 60.4 Å². The molecule has 0 aliphatic rings. The number of nitrogens with two attached hydrogens (primary N) is 1. The molecular formula is C17H28N2. The molecule has 2 aromatic rings. The first-order valence-corrected chi connectivity index (χ1v) is 7.02. The maximum Gasteiger partial charge on any atom is 0.0313 e. The van der Waals surface area contributed by atoms with Crippen LogP contribution in [0.3, 0.4) is 0 Å². The fourth-order valence-electron chi connectivity index (χ4n) is 1.07. The van der Waals surface area contributed by atoms with Crippen LogP contribution < -0.4 is 5.73 Å². The second kappa shape index (κ2) is 16.2. The molecule has 2 nitrogen and oxygen atoms in total. The number of nitrogens with zero attached hydrogens (tertiary/aromatic N) is 1. The number of nitrogen functional groups attached to an aromatic ring is 1. The number of para-hydroxylation sites is 1. The van der Waals surface area contributed by atoms with E-state index in [0.29, 0.717) is 0 Å². The van der Waals surface area contributed by atoms with Gasteiger partial charge in [0.2, 0.25) is 0 Å². The van der Waals surface area contributed by atoms with Crippen molar-refractivity contribution in [3.8, 4) is 0 Å². The molecule has 2 rings (SSSR count). The molecule has 0 atom stereocenters. The lowest BCUT2D eigenvalue weighted by atomic mass is 10.2. The normalized spacial score (nSPS) is 7.63. The van der Waals surface area contributed by atoms with E-state index in [9.17, 15) is 0 Å². The van der Waals surface area contributed by atoms with Crippen LogP contribution in [0.5, 0.6) is 0 Å². The van der Waals surface area contributed by atoms with Crippen LogP contribution in [0.15, 0.2) is 54.9 Å². The number of aryl methyl sites for hydroxylation is 1. The molecule has 2 N–H and O–H groups in total. The summed E-state index contributed by atoms with van der Waals surface area (Å²) in [4.78, 5) is 3.89. The predicted octanol–water partition coefficient (Wildman–Crippen LogP) is 4.97. The summed E-state index contributed by atoms with van der Waals surface area (Å²) in [5.41, 5.74) is 7.53. The first-order chi connectivity index (χ1) is 9.33. The van der Waals surface area contributed by atoms with E-state index in [1.54, 1.807) is 0 Å². The van der Waals surface area contributed by atoms with Crippen LogP contribution in [0.2, 0.25) is 0 Å². The van der Waals surface area contributed by atoms with Crippen LogP contribution in [0, 0.1) is 0 Å². The highest BCUT2D eigenvalue weighted by molar-refractivity contribution is 5.35. The van der Waals surface area contributed by atoms with Gasteiger partial charge in [-0.25, -0.2) is 0 Å². The highest BCUT2D eigenvalue weighted by Gasteiger charge is 1.80. The van der Waals surface area contributed by atoms with E-state index in [1.165, 1.54) is 5.56 Å². The summed E-state index contributed by atoms with van der Waals surface area (Å²) in [6.45, 7) is 10.1. The van der Waals surface area contributed by atoms with E-state index in [0.717, 1.165) is 12.1 Å². The average Bonchev–Trinajstić information content (AvgIpc) is 2.53. The zero-order valence-electron chi connectivity index (χ0n) is 12.9. The Balaban J connectivity index is 0. The largest absolute Gasteiger partial charge is 0.399 e. The van der Waals surface area contributed by atoms with Crippen molar-refractivity contribution in [3.63, 3.8) is 0 Å². The van der Waals surface area contributed by atoms with Crippen LogP contribution in [0.4, 0.5) is 5.69 Å². The van der Waals surface area contributed by atoms with E-state index in [1.807, 2.05) is 82.6 Å². The van der Waals surface area contributed by atoms with Gasteiger partial charge < -0.3 is 5.73 Å². The molecule has 0 spiro atoms. The van der Waals surface area contributed by atoms with Gasteiger partial charge in [0.15, 0.2) is 0 Å². The highest BCUT2D eigenvalue weighted by atomic mass is 14.6. The fourth-order valence-corrected chi connectivity index (χ4v) is 1.07. The van der Waals surface area contributed by atoms with Crippen molar-refractivity contribution in [1.82, 2.24) is 4.98 Å². The Bertz CT molecular complexity index is 358. The zero-order chi connectivity index (χ0) is 14.9. The molecule has 0 bridgehead atoms. The summed E-state index contributed by atoms with van der Waals surface area (Å²) in [5, 5.41) is 0. The first-order valence-electron chi connectivity index (χ1n) is 7.02. The van der Waals surface area contributed by atoms with Gasteiger partial charge in [-0.2, -0.15) is 0 Å². The SMILES string of the molecule is CC.CC.CCc1ccncc1.Nc1ccccc1. The first kappa shape index (κ1) is 19.5. The Kier molecular flexibility index (Phi) is 16.6. The van der Waals surface area contributed by atoms with Gasteiger partial charge in [0, 0.05) is 18.1 Å². The Hall–Kier alpha value is -1.83. The molecule has 19 heavy (non-hydrogen) atoms. The van der Waals surface area contributed by atoms with E-state index in [4.69, 9.17) is 5.73 Å². The second-order valence-electron chi connectivity index (χ2n) is 3.12. The Morgan fingerprint density at radius 2 is 1.32 bits per heavy atom. The number of benzene rings is 1. The molecule has 1 aromatic heterocycles. The zero-order valence-corrected chi connectivity index (χ0v) is 12.9. The minimum atomic E-state index is 0.822. The molecule has 0 saturated heterocycles. The number of hydrogen-bond acceptors (Lipinski definition) is 2. The van der Waals surface area contributed by atoms with Crippen molar-refractivity contribution in [2.45, 2.75) is 41.0 Å². The lowest BCUT2D eigenvalue weighted by Crippen LogP contribution is -1.79. The minimum absolute atomic E-state index is 0.822. The highest BCUT2D eigenvalue weighted by Crippen LogP contribution is 1.96. The molecule has 0 aliphatic heterocycles. The van der Waals surface area contributed by atoms with Crippen LogP contribution in [-0.2, 0) is 6.42 Å². The fraction of sp³-hybridized carbons (Fsp3) is 0.353. The van der Waals surface area contributed by atoms with E-state index in [2.05, 4.69) is 11.9 Å². The van der Waals surface area contributed by atoms with E-state index < -0.39 is 0 Å². The molecule has 106 valence electrons. The summed E-state index contributed by atoms with van der Waals surface area (Å²) in [5.74, 6) is 0.